The lowest BCUT2D eigenvalue weighted by molar-refractivity contribution is -0.147. The number of carbonyl (C=O) groups excluding carboxylic acids is 2. The summed E-state index contributed by atoms with van der Waals surface area (Å²) < 4.78 is 10.0. The van der Waals surface area contributed by atoms with Gasteiger partial charge in [0.15, 0.2) is 0 Å². The smallest absolute Gasteiger partial charge is 0.320 e. The van der Waals surface area contributed by atoms with E-state index in [-0.39, 0.29) is 25.2 Å². The quantitative estimate of drug-likeness (QED) is 0.524. The van der Waals surface area contributed by atoms with Gasteiger partial charge in [-0.15, -0.1) is 0 Å². The van der Waals surface area contributed by atoms with Crippen LogP contribution < -0.4 is 11.1 Å². The molecule has 6 heteroatoms. The molecule has 0 aliphatic carbocycles. The molecule has 0 radical (unpaired) electrons. The highest BCUT2D eigenvalue weighted by molar-refractivity contribution is 5.77. The number of esters is 1. The largest absolute Gasteiger partial charge is 0.459 e. The third-order valence-corrected chi connectivity index (χ3v) is 1.75. The lowest BCUT2D eigenvalue weighted by atomic mass is 10.3. The summed E-state index contributed by atoms with van der Waals surface area (Å²) in [6.45, 7) is 1.07. The summed E-state index contributed by atoms with van der Waals surface area (Å²) >= 11 is 0. The molecule has 1 unspecified atom stereocenters. The zero-order chi connectivity index (χ0) is 10.4. The molecule has 0 aromatic heterocycles. The van der Waals surface area contributed by atoms with Crippen molar-refractivity contribution in [3.8, 4) is 0 Å². The zero-order valence-electron chi connectivity index (χ0n) is 7.82. The standard InChI is InChI=1S/C8H14N2O4/c9-7(11)3-10-4-8(12)14-6-1-2-13-5-6/h6,10H,1-5H2,(H2,9,11). The van der Waals surface area contributed by atoms with Crippen LogP contribution in [0.1, 0.15) is 6.42 Å². The van der Waals surface area contributed by atoms with Gasteiger partial charge in [0.1, 0.15) is 6.10 Å². The first-order chi connectivity index (χ1) is 6.68. The molecule has 6 nitrogen and oxygen atoms in total. The number of amides is 1. The summed E-state index contributed by atoms with van der Waals surface area (Å²) in [5.41, 5.74) is 4.87. The summed E-state index contributed by atoms with van der Waals surface area (Å²) in [6.07, 6.45) is 0.597. The van der Waals surface area contributed by atoms with Crippen LogP contribution in [0.15, 0.2) is 0 Å². The monoisotopic (exact) mass is 202 g/mol. The van der Waals surface area contributed by atoms with Gasteiger partial charge in [0.25, 0.3) is 0 Å². The van der Waals surface area contributed by atoms with Gasteiger partial charge in [0.2, 0.25) is 5.91 Å². The number of hydrogen-bond donors (Lipinski definition) is 2. The summed E-state index contributed by atoms with van der Waals surface area (Å²) in [5, 5.41) is 2.57. The molecular weight excluding hydrogens is 188 g/mol. The topological polar surface area (TPSA) is 90.7 Å². The van der Waals surface area contributed by atoms with E-state index in [1.165, 1.54) is 0 Å². The molecule has 0 aromatic carbocycles. The van der Waals surface area contributed by atoms with Gasteiger partial charge in [-0.3, -0.25) is 14.9 Å². The Kier molecular flexibility index (Phi) is 4.34. The van der Waals surface area contributed by atoms with Gasteiger partial charge >= 0.3 is 5.97 Å². The Morgan fingerprint density at radius 3 is 2.86 bits per heavy atom. The van der Waals surface area contributed by atoms with E-state index < -0.39 is 5.91 Å². The van der Waals surface area contributed by atoms with Crippen molar-refractivity contribution in [2.75, 3.05) is 26.3 Å². The zero-order valence-corrected chi connectivity index (χ0v) is 7.82. The van der Waals surface area contributed by atoms with E-state index in [9.17, 15) is 9.59 Å². The maximum atomic E-state index is 11.1. The van der Waals surface area contributed by atoms with Crippen LogP contribution in [0, 0.1) is 0 Å². The van der Waals surface area contributed by atoms with Crippen LogP contribution in [-0.4, -0.2) is 44.3 Å². The number of rotatable bonds is 5. The molecule has 1 fully saturated rings. The van der Waals surface area contributed by atoms with Crippen molar-refractivity contribution in [1.82, 2.24) is 5.32 Å². The fourth-order valence-corrected chi connectivity index (χ4v) is 1.12. The number of carbonyl (C=O) groups is 2. The van der Waals surface area contributed by atoms with Crippen LogP contribution >= 0.6 is 0 Å². The molecule has 80 valence electrons. The van der Waals surface area contributed by atoms with Crippen molar-refractivity contribution < 1.29 is 19.1 Å². The molecule has 1 amide bonds. The second kappa shape index (κ2) is 5.56. The Bertz CT molecular complexity index is 213. The van der Waals surface area contributed by atoms with E-state index >= 15 is 0 Å². The molecule has 0 aromatic rings. The summed E-state index contributed by atoms with van der Waals surface area (Å²) in [5.74, 6) is -0.885. The van der Waals surface area contributed by atoms with E-state index in [1.54, 1.807) is 0 Å². The van der Waals surface area contributed by atoms with Gasteiger partial charge in [-0.05, 0) is 0 Å². The van der Waals surface area contributed by atoms with Crippen molar-refractivity contribution in [3.05, 3.63) is 0 Å². The number of nitrogens with one attached hydrogen (secondary N) is 1. The normalized spacial score (nSPS) is 20.7. The Hall–Kier alpha value is -1.14. The van der Waals surface area contributed by atoms with Crippen LogP contribution in [-0.2, 0) is 19.1 Å². The maximum absolute atomic E-state index is 11.1. The van der Waals surface area contributed by atoms with Crippen LogP contribution in [0.2, 0.25) is 0 Å². The lowest BCUT2D eigenvalue weighted by Gasteiger charge is -2.09. The van der Waals surface area contributed by atoms with Crippen LogP contribution in [0.25, 0.3) is 0 Å². The number of ether oxygens (including phenoxy) is 2. The summed E-state index contributed by atoms with van der Waals surface area (Å²) in [6, 6.07) is 0. The second-order valence-corrected chi connectivity index (χ2v) is 3.05. The van der Waals surface area contributed by atoms with E-state index in [1.807, 2.05) is 0 Å². The van der Waals surface area contributed by atoms with E-state index in [0.29, 0.717) is 13.2 Å². The van der Waals surface area contributed by atoms with E-state index in [0.717, 1.165) is 6.42 Å². The summed E-state index contributed by atoms with van der Waals surface area (Å²) in [4.78, 5) is 21.4. The Labute approximate surface area is 81.7 Å². The van der Waals surface area contributed by atoms with Gasteiger partial charge in [-0.1, -0.05) is 0 Å². The Morgan fingerprint density at radius 2 is 2.29 bits per heavy atom. The molecule has 3 N–H and O–H groups in total. The molecule has 1 heterocycles. The second-order valence-electron chi connectivity index (χ2n) is 3.05. The van der Waals surface area contributed by atoms with Crippen LogP contribution in [0.5, 0.6) is 0 Å². The highest BCUT2D eigenvalue weighted by atomic mass is 16.6. The molecule has 0 spiro atoms. The molecule has 1 aliphatic rings. The van der Waals surface area contributed by atoms with Crippen molar-refractivity contribution in [3.63, 3.8) is 0 Å². The van der Waals surface area contributed by atoms with Crippen molar-refractivity contribution in [2.24, 2.45) is 5.73 Å². The minimum atomic E-state index is -0.498. The number of hydrogen-bond acceptors (Lipinski definition) is 5. The van der Waals surface area contributed by atoms with Gasteiger partial charge in [-0.25, -0.2) is 0 Å². The third-order valence-electron chi connectivity index (χ3n) is 1.75. The predicted octanol–water partition coefficient (Wildman–Crippen LogP) is -1.61. The molecule has 14 heavy (non-hydrogen) atoms. The highest BCUT2D eigenvalue weighted by Crippen LogP contribution is 2.07. The minimum Gasteiger partial charge on any atom is -0.459 e. The molecule has 1 rings (SSSR count). The summed E-state index contributed by atoms with van der Waals surface area (Å²) in [7, 11) is 0. The molecule has 1 aliphatic heterocycles. The first-order valence-corrected chi connectivity index (χ1v) is 4.44. The molecule has 0 bridgehead atoms. The van der Waals surface area contributed by atoms with Crippen molar-refractivity contribution in [2.45, 2.75) is 12.5 Å². The maximum Gasteiger partial charge on any atom is 0.320 e. The predicted molar refractivity (Wildman–Crippen MR) is 47.4 cm³/mol. The molecule has 1 atom stereocenters. The molecule has 0 saturated carbocycles. The fraction of sp³-hybridized carbons (Fsp3) is 0.750. The number of primary amides is 1. The Morgan fingerprint density at radius 1 is 1.50 bits per heavy atom. The minimum absolute atomic E-state index is 0.000556. The van der Waals surface area contributed by atoms with Gasteiger partial charge in [0, 0.05) is 6.42 Å². The van der Waals surface area contributed by atoms with E-state index in [4.69, 9.17) is 15.2 Å². The van der Waals surface area contributed by atoms with Crippen LogP contribution in [0.3, 0.4) is 0 Å². The van der Waals surface area contributed by atoms with Gasteiger partial charge in [0.05, 0.1) is 26.3 Å². The lowest BCUT2D eigenvalue weighted by Crippen LogP contribution is -2.34. The number of nitrogens with two attached hydrogens (primary N) is 1. The SMILES string of the molecule is NC(=O)CNCC(=O)OC1CCOC1. The Balaban J connectivity index is 2.06. The third kappa shape index (κ3) is 4.20. The van der Waals surface area contributed by atoms with Crippen molar-refractivity contribution >= 4 is 11.9 Å². The average Bonchev–Trinajstić information content (AvgIpc) is 2.56. The van der Waals surface area contributed by atoms with Gasteiger partial charge < -0.3 is 15.2 Å². The first kappa shape index (κ1) is 10.9. The fourth-order valence-electron chi connectivity index (χ4n) is 1.12. The average molecular weight is 202 g/mol. The highest BCUT2D eigenvalue weighted by Gasteiger charge is 2.19. The van der Waals surface area contributed by atoms with Crippen molar-refractivity contribution in [1.29, 1.82) is 0 Å². The molecular formula is C8H14N2O4. The first-order valence-electron chi connectivity index (χ1n) is 4.44. The van der Waals surface area contributed by atoms with E-state index in [2.05, 4.69) is 5.32 Å². The van der Waals surface area contributed by atoms with Gasteiger partial charge in [-0.2, -0.15) is 0 Å². The van der Waals surface area contributed by atoms with Crippen LogP contribution in [0.4, 0.5) is 0 Å². The molecule has 1 saturated heterocycles.